The lowest BCUT2D eigenvalue weighted by atomic mass is 10.0. The maximum Gasteiger partial charge on any atom is 0.306 e. The number of esters is 3. The molecule has 390 valence electrons. The third-order valence-corrected chi connectivity index (χ3v) is 12.8. The van der Waals surface area contributed by atoms with Crippen molar-refractivity contribution in [3.63, 3.8) is 0 Å². The van der Waals surface area contributed by atoms with Gasteiger partial charge in [-0.3, -0.25) is 14.4 Å². The molecule has 6 heteroatoms. The molecule has 0 aliphatic carbocycles. The van der Waals surface area contributed by atoms with E-state index in [1.54, 1.807) is 0 Å². The molecule has 0 amide bonds. The van der Waals surface area contributed by atoms with Crippen LogP contribution in [0.1, 0.15) is 303 Å². The minimum atomic E-state index is -0.789. The van der Waals surface area contributed by atoms with E-state index >= 15 is 0 Å². The Kier molecular flexibility index (Phi) is 53.8. The highest BCUT2D eigenvalue weighted by Gasteiger charge is 2.19. The fourth-order valence-corrected chi connectivity index (χ4v) is 8.49. The third-order valence-electron chi connectivity index (χ3n) is 12.8. The Bertz CT molecular complexity index is 1170. The van der Waals surface area contributed by atoms with Crippen molar-refractivity contribution in [2.24, 2.45) is 0 Å². The lowest BCUT2D eigenvalue weighted by molar-refractivity contribution is -0.167. The Hall–Kier alpha value is -2.63. The van der Waals surface area contributed by atoms with E-state index in [9.17, 15) is 14.4 Å². The molecule has 0 spiro atoms. The lowest BCUT2D eigenvalue weighted by Gasteiger charge is -2.18. The summed E-state index contributed by atoms with van der Waals surface area (Å²) in [5.74, 6) is -0.924. The zero-order chi connectivity index (χ0) is 48.6. The van der Waals surface area contributed by atoms with Crippen molar-refractivity contribution >= 4 is 17.9 Å². The van der Waals surface area contributed by atoms with Gasteiger partial charge in [-0.25, -0.2) is 0 Å². The lowest BCUT2D eigenvalue weighted by Crippen LogP contribution is -2.30. The molecule has 0 radical (unpaired) electrons. The average molecular weight is 940 g/mol. The molecule has 0 heterocycles. The van der Waals surface area contributed by atoms with Crippen molar-refractivity contribution in [2.75, 3.05) is 13.2 Å². The number of carbonyl (C=O) groups excluding carboxylic acids is 3. The molecule has 0 aliphatic rings. The van der Waals surface area contributed by atoms with Gasteiger partial charge in [-0.15, -0.1) is 0 Å². The van der Waals surface area contributed by atoms with Crippen LogP contribution in [0.25, 0.3) is 0 Å². The van der Waals surface area contributed by atoms with E-state index in [4.69, 9.17) is 14.2 Å². The van der Waals surface area contributed by atoms with Crippen LogP contribution in [0.4, 0.5) is 0 Å². The maximum absolute atomic E-state index is 12.8. The molecule has 0 saturated heterocycles. The largest absolute Gasteiger partial charge is 0.462 e. The van der Waals surface area contributed by atoms with Gasteiger partial charge in [-0.2, -0.15) is 0 Å². The molecule has 6 nitrogen and oxygen atoms in total. The van der Waals surface area contributed by atoms with Crippen molar-refractivity contribution in [1.82, 2.24) is 0 Å². The van der Waals surface area contributed by atoms with Crippen LogP contribution < -0.4 is 0 Å². The molecular formula is C61H110O6. The van der Waals surface area contributed by atoms with Gasteiger partial charge in [0.25, 0.3) is 0 Å². The van der Waals surface area contributed by atoms with E-state index in [1.165, 1.54) is 180 Å². The Labute approximate surface area is 416 Å². The van der Waals surface area contributed by atoms with E-state index in [0.717, 1.165) is 77.0 Å². The van der Waals surface area contributed by atoms with Crippen LogP contribution in [0.15, 0.2) is 48.6 Å². The summed E-state index contributed by atoms with van der Waals surface area (Å²) in [7, 11) is 0. The number of ether oxygens (including phenoxy) is 3. The quantitative estimate of drug-likeness (QED) is 0.0262. The van der Waals surface area contributed by atoms with Crippen LogP contribution >= 0.6 is 0 Å². The summed E-state index contributed by atoms with van der Waals surface area (Å²) in [5, 5.41) is 0. The summed E-state index contributed by atoms with van der Waals surface area (Å²) in [5.41, 5.74) is 0. The van der Waals surface area contributed by atoms with E-state index in [2.05, 4.69) is 69.4 Å². The van der Waals surface area contributed by atoms with Gasteiger partial charge in [0.05, 0.1) is 0 Å². The second kappa shape index (κ2) is 56.0. The molecule has 0 fully saturated rings. The molecule has 0 saturated carbocycles. The summed E-state index contributed by atoms with van der Waals surface area (Å²) in [6.07, 6.45) is 68.7. The minimum absolute atomic E-state index is 0.0866. The van der Waals surface area contributed by atoms with Gasteiger partial charge in [0, 0.05) is 19.3 Å². The Morgan fingerprint density at radius 2 is 0.582 bits per heavy atom. The van der Waals surface area contributed by atoms with Crippen molar-refractivity contribution in [3.8, 4) is 0 Å². The zero-order valence-electron chi connectivity index (χ0n) is 44.7. The first-order valence-corrected chi connectivity index (χ1v) is 29.1. The number of rotatable bonds is 53. The van der Waals surface area contributed by atoms with Crippen LogP contribution in [0, 0.1) is 0 Å². The summed E-state index contributed by atoms with van der Waals surface area (Å²) in [6, 6.07) is 0. The van der Waals surface area contributed by atoms with Crippen LogP contribution in [0.2, 0.25) is 0 Å². The van der Waals surface area contributed by atoms with Gasteiger partial charge in [0.2, 0.25) is 0 Å². The molecule has 0 aliphatic heterocycles. The molecule has 0 aromatic carbocycles. The number of hydrogen-bond donors (Lipinski definition) is 0. The molecule has 67 heavy (non-hydrogen) atoms. The summed E-state index contributed by atoms with van der Waals surface area (Å²) in [6.45, 7) is 6.48. The highest BCUT2D eigenvalue weighted by Crippen LogP contribution is 2.17. The van der Waals surface area contributed by atoms with Crippen molar-refractivity contribution in [3.05, 3.63) is 48.6 Å². The smallest absolute Gasteiger partial charge is 0.306 e. The highest BCUT2D eigenvalue weighted by atomic mass is 16.6. The monoisotopic (exact) mass is 939 g/mol. The molecule has 0 N–H and O–H groups in total. The number of allylic oxidation sites excluding steroid dienone is 8. The Morgan fingerprint density at radius 3 is 0.910 bits per heavy atom. The average Bonchev–Trinajstić information content (AvgIpc) is 3.33. The third kappa shape index (κ3) is 54.2. The standard InChI is InChI=1S/C61H110O6/c1-4-7-10-13-16-18-20-22-24-25-26-27-28-29-30-31-32-33-34-35-37-38-40-42-45-48-51-54-60(63)66-57-58(56-65-59(62)53-50-47-44-15-12-9-6-3)67-61(64)55-52-49-46-43-41-39-36-23-21-19-17-14-11-8-5-2/h8,11,17,19,23,36,41,43,58H,4-7,9-10,12-16,18,20-22,24-35,37-40,42,44-57H2,1-3H3/b11-8-,19-17-,36-23-,43-41-. The van der Waals surface area contributed by atoms with Crippen LogP contribution in [0.5, 0.6) is 0 Å². The van der Waals surface area contributed by atoms with Crippen LogP contribution in [-0.2, 0) is 28.6 Å². The van der Waals surface area contributed by atoms with Gasteiger partial charge in [-0.05, 0) is 57.8 Å². The van der Waals surface area contributed by atoms with Crippen molar-refractivity contribution in [1.29, 1.82) is 0 Å². The number of carbonyl (C=O) groups is 3. The summed E-state index contributed by atoms with van der Waals surface area (Å²) < 4.78 is 16.7. The van der Waals surface area contributed by atoms with Crippen molar-refractivity contribution < 1.29 is 28.6 Å². The first kappa shape index (κ1) is 64.4. The van der Waals surface area contributed by atoms with Crippen LogP contribution in [-0.4, -0.2) is 37.2 Å². The molecule has 1 atom stereocenters. The fourth-order valence-electron chi connectivity index (χ4n) is 8.49. The van der Waals surface area contributed by atoms with Gasteiger partial charge >= 0.3 is 17.9 Å². The first-order chi connectivity index (χ1) is 33.0. The summed E-state index contributed by atoms with van der Waals surface area (Å²) >= 11 is 0. The summed E-state index contributed by atoms with van der Waals surface area (Å²) in [4.78, 5) is 37.9. The minimum Gasteiger partial charge on any atom is -0.462 e. The first-order valence-electron chi connectivity index (χ1n) is 29.1. The topological polar surface area (TPSA) is 78.9 Å². The van der Waals surface area contributed by atoms with E-state index < -0.39 is 6.10 Å². The number of unbranched alkanes of at least 4 members (excludes halogenated alkanes) is 34. The van der Waals surface area contributed by atoms with Crippen LogP contribution in [0.3, 0.4) is 0 Å². The fraction of sp³-hybridized carbons (Fsp3) is 0.820. The molecular weight excluding hydrogens is 829 g/mol. The zero-order valence-corrected chi connectivity index (χ0v) is 44.7. The highest BCUT2D eigenvalue weighted by molar-refractivity contribution is 5.71. The predicted molar refractivity (Wildman–Crippen MR) is 289 cm³/mol. The van der Waals surface area contributed by atoms with E-state index in [0.29, 0.717) is 19.3 Å². The van der Waals surface area contributed by atoms with Gasteiger partial charge in [-0.1, -0.05) is 275 Å². The SMILES string of the molecule is CC/C=C\C/C=C\C/C=C\C/C=C\CCCCC(=O)OC(COC(=O)CCCCCCCCC)COC(=O)CCCCCCCCCCCCCCCCCCCCCCCCCCCCC. The normalized spacial score (nSPS) is 12.3. The molecule has 0 aromatic rings. The molecule has 0 aromatic heterocycles. The maximum atomic E-state index is 12.8. The van der Waals surface area contributed by atoms with Gasteiger partial charge in [0.15, 0.2) is 6.10 Å². The van der Waals surface area contributed by atoms with E-state index in [-0.39, 0.29) is 37.5 Å². The molecule has 0 rings (SSSR count). The molecule has 0 bridgehead atoms. The Balaban J connectivity index is 4.09. The van der Waals surface area contributed by atoms with E-state index in [1.807, 2.05) is 0 Å². The second-order valence-corrected chi connectivity index (χ2v) is 19.5. The predicted octanol–water partition coefficient (Wildman–Crippen LogP) is 19.4. The van der Waals surface area contributed by atoms with Gasteiger partial charge < -0.3 is 14.2 Å². The Morgan fingerprint density at radius 1 is 0.313 bits per heavy atom. The second-order valence-electron chi connectivity index (χ2n) is 19.5. The van der Waals surface area contributed by atoms with Gasteiger partial charge in [0.1, 0.15) is 13.2 Å². The molecule has 1 unspecified atom stereocenters. The van der Waals surface area contributed by atoms with Crippen molar-refractivity contribution in [2.45, 2.75) is 309 Å². The number of hydrogen-bond acceptors (Lipinski definition) is 6.